The molecule has 0 aliphatic carbocycles. The van der Waals surface area contributed by atoms with Gasteiger partial charge in [0, 0.05) is 5.38 Å². The number of carbonyl (C=O) groups is 1. The number of esters is 1. The number of anilines is 1. The van der Waals surface area contributed by atoms with Crippen LogP contribution in [0.4, 0.5) is 5.69 Å². The van der Waals surface area contributed by atoms with Gasteiger partial charge in [-0.25, -0.2) is 9.78 Å². The van der Waals surface area contributed by atoms with Crippen LogP contribution in [0.1, 0.15) is 23.7 Å². The van der Waals surface area contributed by atoms with Crippen molar-refractivity contribution >= 4 is 23.0 Å². The molecule has 1 atom stereocenters. The van der Waals surface area contributed by atoms with Crippen molar-refractivity contribution in [3.8, 4) is 5.75 Å². The Kier molecular flexibility index (Phi) is 5.16. The normalized spacial score (nSPS) is 11.8. The maximum atomic E-state index is 12.2. The second-order valence-corrected chi connectivity index (χ2v) is 5.38. The minimum Gasteiger partial charge on any atom is -0.495 e. The topological polar surface area (TPSA) is 60.5 Å². The fraction of sp³-hybridized carbons (Fsp3) is 0.333. The highest BCUT2D eigenvalue weighted by Crippen LogP contribution is 2.29. The first kappa shape index (κ1) is 15.3. The molecule has 21 heavy (non-hydrogen) atoms. The smallest absolute Gasteiger partial charge is 0.334 e. The molecule has 0 saturated carbocycles. The van der Waals surface area contributed by atoms with Gasteiger partial charge in [-0.2, -0.15) is 0 Å². The van der Waals surface area contributed by atoms with Crippen LogP contribution in [0.15, 0.2) is 29.6 Å². The summed E-state index contributed by atoms with van der Waals surface area (Å²) in [5, 5.41) is 5.92. The molecule has 112 valence electrons. The van der Waals surface area contributed by atoms with Gasteiger partial charge in [0.2, 0.25) is 0 Å². The van der Waals surface area contributed by atoms with Crippen molar-refractivity contribution in [1.29, 1.82) is 0 Å². The number of hydrogen-bond acceptors (Lipinski definition) is 6. The van der Waals surface area contributed by atoms with E-state index in [-0.39, 0.29) is 5.97 Å². The van der Waals surface area contributed by atoms with Gasteiger partial charge in [0.25, 0.3) is 0 Å². The number of benzene rings is 1. The second kappa shape index (κ2) is 7.08. The number of para-hydroxylation sites is 2. The van der Waals surface area contributed by atoms with Crippen LogP contribution in [0.25, 0.3) is 0 Å². The number of rotatable bonds is 6. The van der Waals surface area contributed by atoms with Crippen molar-refractivity contribution in [2.24, 2.45) is 0 Å². The summed E-state index contributed by atoms with van der Waals surface area (Å²) in [6, 6.07) is 6.78. The molecule has 0 aliphatic heterocycles. The molecule has 0 radical (unpaired) electrons. The van der Waals surface area contributed by atoms with Crippen molar-refractivity contribution in [3.05, 3.63) is 40.3 Å². The van der Waals surface area contributed by atoms with Crippen LogP contribution in [-0.2, 0) is 9.53 Å². The Morgan fingerprint density at radius 2 is 2.19 bits per heavy atom. The van der Waals surface area contributed by atoms with E-state index in [2.05, 4.69) is 10.3 Å². The van der Waals surface area contributed by atoms with E-state index in [9.17, 15) is 4.79 Å². The number of ether oxygens (including phenoxy) is 2. The fourth-order valence-corrected chi connectivity index (χ4v) is 2.55. The molecule has 0 bridgehead atoms. The molecular weight excluding hydrogens is 288 g/mol. The lowest BCUT2D eigenvalue weighted by molar-refractivity contribution is -0.144. The van der Waals surface area contributed by atoms with E-state index in [1.54, 1.807) is 14.0 Å². The second-order valence-electron chi connectivity index (χ2n) is 4.32. The predicted octanol–water partition coefficient (Wildman–Crippen LogP) is 3.18. The highest BCUT2D eigenvalue weighted by atomic mass is 32.1. The van der Waals surface area contributed by atoms with Gasteiger partial charge >= 0.3 is 5.97 Å². The highest BCUT2D eigenvalue weighted by Gasteiger charge is 2.25. The van der Waals surface area contributed by atoms with E-state index in [0.717, 1.165) is 10.7 Å². The first-order chi connectivity index (χ1) is 10.2. The van der Waals surface area contributed by atoms with Gasteiger partial charge in [-0.1, -0.05) is 12.1 Å². The SMILES string of the molecule is CCOC(=O)C(Nc1ccccc1OC)c1csc(C)n1. The summed E-state index contributed by atoms with van der Waals surface area (Å²) >= 11 is 1.50. The minimum atomic E-state index is -0.647. The van der Waals surface area contributed by atoms with Crippen LogP contribution in [-0.4, -0.2) is 24.7 Å². The largest absolute Gasteiger partial charge is 0.495 e. The van der Waals surface area contributed by atoms with E-state index in [1.165, 1.54) is 11.3 Å². The summed E-state index contributed by atoms with van der Waals surface area (Å²) in [7, 11) is 1.59. The Labute approximate surface area is 127 Å². The molecule has 5 nitrogen and oxygen atoms in total. The number of nitrogens with one attached hydrogen (secondary N) is 1. The number of thiazole rings is 1. The number of nitrogens with zero attached hydrogens (tertiary/aromatic N) is 1. The lowest BCUT2D eigenvalue weighted by Crippen LogP contribution is -2.24. The average molecular weight is 306 g/mol. The summed E-state index contributed by atoms with van der Waals surface area (Å²) in [5.41, 5.74) is 1.38. The zero-order valence-electron chi connectivity index (χ0n) is 12.3. The lowest BCUT2D eigenvalue weighted by Gasteiger charge is -2.18. The van der Waals surface area contributed by atoms with Crippen LogP contribution in [0.5, 0.6) is 5.75 Å². The molecule has 0 saturated heterocycles. The number of carbonyl (C=O) groups excluding carboxylic acids is 1. The third kappa shape index (κ3) is 3.72. The molecule has 2 aromatic rings. The zero-order valence-corrected chi connectivity index (χ0v) is 13.1. The molecule has 0 aliphatic rings. The average Bonchev–Trinajstić information content (AvgIpc) is 2.91. The predicted molar refractivity (Wildman–Crippen MR) is 82.8 cm³/mol. The van der Waals surface area contributed by atoms with Gasteiger partial charge in [-0.3, -0.25) is 0 Å². The molecular formula is C15H18N2O3S. The summed E-state index contributed by atoms with van der Waals surface area (Å²) in [6.07, 6.45) is 0. The quantitative estimate of drug-likeness (QED) is 0.831. The Balaban J connectivity index is 2.29. The highest BCUT2D eigenvalue weighted by molar-refractivity contribution is 7.09. The minimum absolute atomic E-state index is 0.325. The maximum absolute atomic E-state index is 12.2. The molecule has 2 rings (SSSR count). The van der Waals surface area contributed by atoms with Gasteiger partial charge in [-0.05, 0) is 26.0 Å². The van der Waals surface area contributed by atoms with Crippen molar-refractivity contribution in [2.75, 3.05) is 19.0 Å². The maximum Gasteiger partial charge on any atom is 0.334 e. The zero-order chi connectivity index (χ0) is 15.2. The Morgan fingerprint density at radius 3 is 2.81 bits per heavy atom. The first-order valence-electron chi connectivity index (χ1n) is 6.64. The van der Waals surface area contributed by atoms with E-state index >= 15 is 0 Å². The molecule has 0 spiro atoms. The van der Waals surface area contributed by atoms with E-state index in [1.807, 2.05) is 36.6 Å². The Hall–Kier alpha value is -2.08. The standard InChI is InChI=1S/C15H18N2O3S/c1-4-20-15(18)14(12-9-21-10(2)16-12)17-11-7-5-6-8-13(11)19-3/h5-9,14,17H,4H2,1-3H3. The molecule has 1 aromatic heterocycles. The Morgan fingerprint density at radius 1 is 1.43 bits per heavy atom. The van der Waals surface area contributed by atoms with Crippen molar-refractivity contribution in [3.63, 3.8) is 0 Å². The van der Waals surface area contributed by atoms with Crippen LogP contribution in [0.2, 0.25) is 0 Å². The van der Waals surface area contributed by atoms with Crippen LogP contribution < -0.4 is 10.1 Å². The third-order valence-corrected chi connectivity index (χ3v) is 3.65. The monoisotopic (exact) mass is 306 g/mol. The van der Waals surface area contributed by atoms with Gasteiger partial charge in [0.1, 0.15) is 5.75 Å². The number of methoxy groups -OCH3 is 1. The number of aryl methyl sites for hydroxylation is 1. The first-order valence-corrected chi connectivity index (χ1v) is 7.52. The van der Waals surface area contributed by atoms with Gasteiger partial charge in [0.15, 0.2) is 6.04 Å². The number of hydrogen-bond donors (Lipinski definition) is 1. The molecule has 1 N–H and O–H groups in total. The van der Waals surface area contributed by atoms with Gasteiger partial charge < -0.3 is 14.8 Å². The third-order valence-electron chi connectivity index (χ3n) is 2.86. The summed E-state index contributed by atoms with van der Waals surface area (Å²) in [6.45, 7) is 4.01. The van der Waals surface area contributed by atoms with Crippen LogP contribution >= 0.6 is 11.3 Å². The lowest BCUT2D eigenvalue weighted by atomic mass is 10.2. The van der Waals surface area contributed by atoms with E-state index in [0.29, 0.717) is 18.1 Å². The molecule has 6 heteroatoms. The van der Waals surface area contributed by atoms with E-state index in [4.69, 9.17) is 9.47 Å². The van der Waals surface area contributed by atoms with Crippen LogP contribution in [0, 0.1) is 6.92 Å². The summed E-state index contributed by atoms with van der Waals surface area (Å²) in [4.78, 5) is 16.6. The molecule has 1 aromatic carbocycles. The van der Waals surface area contributed by atoms with Crippen molar-refractivity contribution in [2.45, 2.75) is 19.9 Å². The van der Waals surface area contributed by atoms with Crippen molar-refractivity contribution in [1.82, 2.24) is 4.98 Å². The molecule has 0 fully saturated rings. The van der Waals surface area contributed by atoms with Gasteiger partial charge in [-0.15, -0.1) is 11.3 Å². The summed E-state index contributed by atoms with van der Waals surface area (Å²) in [5.74, 6) is 0.312. The molecule has 0 amide bonds. The number of aromatic nitrogens is 1. The van der Waals surface area contributed by atoms with Crippen LogP contribution in [0.3, 0.4) is 0 Å². The molecule has 1 heterocycles. The summed E-state index contributed by atoms with van der Waals surface area (Å²) < 4.78 is 10.4. The Bertz CT molecular complexity index is 612. The van der Waals surface area contributed by atoms with Crippen molar-refractivity contribution < 1.29 is 14.3 Å². The fourth-order valence-electron chi connectivity index (χ4n) is 1.91. The molecule has 1 unspecified atom stereocenters. The van der Waals surface area contributed by atoms with E-state index < -0.39 is 6.04 Å². The van der Waals surface area contributed by atoms with Gasteiger partial charge in [0.05, 0.1) is 30.1 Å².